The van der Waals surface area contributed by atoms with Crippen LogP contribution >= 0.6 is 22.9 Å². The third kappa shape index (κ3) is 3.79. The topological polar surface area (TPSA) is 66.9 Å². The minimum Gasteiger partial charge on any atom is -0.468 e. The third-order valence-electron chi connectivity index (χ3n) is 4.35. The predicted octanol–water partition coefficient (Wildman–Crippen LogP) is 2.62. The number of carbonyl (C=O) groups excluding carboxylic acids is 1. The van der Waals surface area contributed by atoms with E-state index in [0.717, 1.165) is 0 Å². The standard InChI is InChI=1S/C17H19ClN2O4S2/c1-24-17(21)16(13-5-2-3-6-14(13)18)19-8-10-20(11-9-19)26(22,23)15-7-4-12-25-15/h2-7,12,16H,8-11H2,1H3/t16-/m1/s1. The van der Waals surface area contributed by atoms with Crippen molar-refractivity contribution in [3.63, 3.8) is 0 Å². The van der Waals surface area contributed by atoms with E-state index in [4.69, 9.17) is 16.3 Å². The molecule has 1 aliphatic heterocycles. The summed E-state index contributed by atoms with van der Waals surface area (Å²) in [5, 5.41) is 2.23. The zero-order valence-corrected chi connectivity index (χ0v) is 16.6. The van der Waals surface area contributed by atoms with Crippen molar-refractivity contribution in [2.75, 3.05) is 33.3 Å². The second-order valence-electron chi connectivity index (χ2n) is 5.82. The molecule has 1 aromatic carbocycles. The molecule has 2 aromatic rings. The quantitative estimate of drug-likeness (QED) is 0.703. The van der Waals surface area contributed by atoms with Crippen molar-refractivity contribution in [2.45, 2.75) is 10.3 Å². The van der Waals surface area contributed by atoms with Crippen LogP contribution in [0.4, 0.5) is 0 Å². The fraction of sp³-hybridized carbons (Fsp3) is 0.353. The number of carbonyl (C=O) groups is 1. The van der Waals surface area contributed by atoms with Gasteiger partial charge in [-0.05, 0) is 23.1 Å². The largest absolute Gasteiger partial charge is 0.468 e. The van der Waals surface area contributed by atoms with E-state index in [0.29, 0.717) is 41.0 Å². The molecule has 0 spiro atoms. The molecule has 1 aliphatic rings. The summed E-state index contributed by atoms with van der Waals surface area (Å²) in [7, 11) is -2.15. The molecule has 0 N–H and O–H groups in total. The van der Waals surface area contributed by atoms with Gasteiger partial charge in [0.15, 0.2) is 0 Å². The van der Waals surface area contributed by atoms with Crippen molar-refractivity contribution in [3.8, 4) is 0 Å². The minimum atomic E-state index is -3.48. The van der Waals surface area contributed by atoms with E-state index in [1.54, 1.807) is 35.7 Å². The van der Waals surface area contributed by atoms with Crippen molar-refractivity contribution in [3.05, 3.63) is 52.4 Å². The monoisotopic (exact) mass is 414 g/mol. The summed E-state index contributed by atoms with van der Waals surface area (Å²) in [6, 6.07) is 9.80. The summed E-state index contributed by atoms with van der Waals surface area (Å²) in [5.41, 5.74) is 0.663. The molecule has 26 heavy (non-hydrogen) atoms. The van der Waals surface area contributed by atoms with Gasteiger partial charge in [0.2, 0.25) is 0 Å². The lowest BCUT2D eigenvalue weighted by Crippen LogP contribution is -2.51. The fourth-order valence-corrected chi connectivity index (χ4v) is 5.83. The molecule has 0 amide bonds. The Labute approximate surface area is 162 Å². The first-order valence-electron chi connectivity index (χ1n) is 8.05. The molecule has 0 aliphatic carbocycles. The van der Waals surface area contributed by atoms with Crippen LogP contribution in [0.1, 0.15) is 11.6 Å². The second-order valence-corrected chi connectivity index (χ2v) is 9.34. The molecule has 1 fully saturated rings. The molecule has 0 bridgehead atoms. The van der Waals surface area contributed by atoms with Gasteiger partial charge in [0, 0.05) is 31.2 Å². The lowest BCUT2D eigenvalue weighted by atomic mass is 10.0. The molecular weight excluding hydrogens is 396 g/mol. The molecule has 1 atom stereocenters. The average Bonchev–Trinajstić information content (AvgIpc) is 3.19. The Morgan fingerprint density at radius 2 is 1.85 bits per heavy atom. The summed E-state index contributed by atoms with van der Waals surface area (Å²) in [6.07, 6.45) is 0. The predicted molar refractivity (Wildman–Crippen MR) is 101 cm³/mol. The second kappa shape index (κ2) is 8.06. The molecule has 140 valence electrons. The van der Waals surface area contributed by atoms with E-state index < -0.39 is 22.0 Å². The number of esters is 1. The van der Waals surface area contributed by atoms with E-state index in [1.807, 2.05) is 11.0 Å². The number of benzene rings is 1. The highest BCUT2D eigenvalue weighted by molar-refractivity contribution is 7.91. The normalized spacial score (nSPS) is 17.8. The number of halogens is 1. The Morgan fingerprint density at radius 3 is 2.42 bits per heavy atom. The Bertz CT molecular complexity index is 863. The van der Waals surface area contributed by atoms with Crippen molar-refractivity contribution < 1.29 is 17.9 Å². The number of hydrogen-bond acceptors (Lipinski definition) is 6. The SMILES string of the molecule is COC(=O)[C@@H](c1ccccc1Cl)N1CCN(S(=O)(=O)c2cccs2)CC1. The number of hydrogen-bond donors (Lipinski definition) is 0. The van der Waals surface area contributed by atoms with Crippen molar-refractivity contribution in [2.24, 2.45) is 0 Å². The lowest BCUT2D eigenvalue weighted by Gasteiger charge is -2.37. The van der Waals surface area contributed by atoms with Gasteiger partial charge in [-0.3, -0.25) is 4.90 Å². The van der Waals surface area contributed by atoms with E-state index in [-0.39, 0.29) is 0 Å². The van der Waals surface area contributed by atoms with E-state index in [9.17, 15) is 13.2 Å². The first kappa shape index (κ1) is 19.3. The maximum atomic E-state index is 12.6. The number of piperazine rings is 1. The molecule has 9 heteroatoms. The molecule has 3 rings (SSSR count). The molecular formula is C17H19ClN2O4S2. The van der Waals surface area contributed by atoms with Crippen molar-refractivity contribution >= 4 is 38.9 Å². The highest BCUT2D eigenvalue weighted by Crippen LogP contribution is 2.30. The van der Waals surface area contributed by atoms with Gasteiger partial charge >= 0.3 is 5.97 Å². The van der Waals surface area contributed by atoms with Gasteiger partial charge in [-0.25, -0.2) is 13.2 Å². The fourth-order valence-electron chi connectivity index (χ4n) is 3.02. The number of thiophene rings is 1. The van der Waals surface area contributed by atoms with Crippen LogP contribution in [0.15, 0.2) is 46.0 Å². The molecule has 0 saturated carbocycles. The highest BCUT2D eigenvalue weighted by atomic mass is 35.5. The van der Waals surface area contributed by atoms with Crippen LogP contribution in [0, 0.1) is 0 Å². The number of nitrogens with zero attached hydrogens (tertiary/aromatic N) is 2. The molecule has 1 saturated heterocycles. The Morgan fingerprint density at radius 1 is 1.15 bits per heavy atom. The highest BCUT2D eigenvalue weighted by Gasteiger charge is 2.36. The average molecular weight is 415 g/mol. The van der Waals surface area contributed by atoms with Gasteiger partial charge in [0.05, 0.1) is 7.11 Å². The maximum Gasteiger partial charge on any atom is 0.327 e. The number of methoxy groups -OCH3 is 1. The molecule has 2 heterocycles. The van der Waals surface area contributed by atoms with Crippen molar-refractivity contribution in [1.29, 1.82) is 0 Å². The van der Waals surface area contributed by atoms with Gasteiger partial charge in [-0.1, -0.05) is 35.9 Å². The first-order chi connectivity index (χ1) is 12.4. The summed E-state index contributed by atoms with van der Waals surface area (Å²) in [5.74, 6) is -0.410. The van der Waals surface area contributed by atoms with Crippen LogP contribution in [-0.4, -0.2) is 56.9 Å². The van der Waals surface area contributed by atoms with Gasteiger partial charge < -0.3 is 4.74 Å². The summed E-state index contributed by atoms with van der Waals surface area (Å²) >= 11 is 7.47. The van der Waals surface area contributed by atoms with Crippen LogP contribution in [0.25, 0.3) is 0 Å². The smallest absolute Gasteiger partial charge is 0.327 e. The van der Waals surface area contributed by atoms with Gasteiger partial charge in [0.1, 0.15) is 10.3 Å². The Hall–Kier alpha value is -1.45. The van der Waals surface area contributed by atoms with Crippen LogP contribution < -0.4 is 0 Å². The van der Waals surface area contributed by atoms with Crippen molar-refractivity contribution in [1.82, 2.24) is 9.21 Å². The number of rotatable bonds is 5. The van der Waals surface area contributed by atoms with Crippen LogP contribution in [0.2, 0.25) is 5.02 Å². The van der Waals surface area contributed by atoms with E-state index >= 15 is 0 Å². The van der Waals surface area contributed by atoms with E-state index in [2.05, 4.69) is 0 Å². The number of ether oxygens (including phenoxy) is 1. The lowest BCUT2D eigenvalue weighted by molar-refractivity contribution is -0.147. The van der Waals surface area contributed by atoms with Crippen LogP contribution in [0.5, 0.6) is 0 Å². The van der Waals surface area contributed by atoms with Gasteiger partial charge in [0.25, 0.3) is 10.0 Å². The molecule has 0 unspecified atom stereocenters. The molecule has 0 radical (unpaired) electrons. The number of sulfonamides is 1. The summed E-state index contributed by atoms with van der Waals surface area (Å²) in [6.45, 7) is 1.43. The summed E-state index contributed by atoms with van der Waals surface area (Å²) < 4.78 is 32.0. The summed E-state index contributed by atoms with van der Waals surface area (Å²) in [4.78, 5) is 14.3. The Kier molecular flexibility index (Phi) is 5.99. The maximum absolute atomic E-state index is 12.6. The van der Waals surface area contributed by atoms with Crippen LogP contribution in [-0.2, 0) is 19.6 Å². The van der Waals surface area contributed by atoms with Gasteiger partial charge in [-0.2, -0.15) is 4.31 Å². The van der Waals surface area contributed by atoms with Crippen LogP contribution in [0.3, 0.4) is 0 Å². The first-order valence-corrected chi connectivity index (χ1v) is 10.7. The molecule has 1 aromatic heterocycles. The van der Waals surface area contributed by atoms with Gasteiger partial charge in [-0.15, -0.1) is 11.3 Å². The van der Waals surface area contributed by atoms with E-state index in [1.165, 1.54) is 22.8 Å². The minimum absolute atomic E-state index is 0.304. The molecule has 6 nitrogen and oxygen atoms in total. The zero-order chi connectivity index (χ0) is 18.7. The zero-order valence-electron chi connectivity index (χ0n) is 14.2. The Balaban J connectivity index is 1.78. The third-order valence-corrected chi connectivity index (χ3v) is 7.97.